The first-order valence-electron chi connectivity index (χ1n) is 14.9. The number of aromatic nitrogens is 1. The van der Waals surface area contributed by atoms with Gasteiger partial charge in [0.05, 0.1) is 24.7 Å². The molecule has 3 aliphatic carbocycles. The summed E-state index contributed by atoms with van der Waals surface area (Å²) >= 11 is 6.12. The Morgan fingerprint density at radius 1 is 1.32 bits per heavy atom. The van der Waals surface area contributed by atoms with Gasteiger partial charge in [0.1, 0.15) is 23.8 Å². The van der Waals surface area contributed by atoms with Crippen molar-refractivity contribution in [2.75, 3.05) is 25.5 Å². The van der Waals surface area contributed by atoms with Crippen molar-refractivity contribution in [2.24, 2.45) is 28.6 Å². The standard InChI is InChI=1S/C30H34ClFN6O6/c1-27(2,3)21(35-26(42)43-4)23(39)38-11-18-14-5-17(19(32)6-14)29(18)12-30(29,38)25(41)37-13-28(8-16(37)9-33)24(40)36-22-20(44-28)7-15(31)10-34-22/h7,10,14,16-19,21H,5-6,8,11-13H2,1-4H3,(H,35,42)(H,34,36,40)/t14-,16-,17+,18?,19+,21+,28+,29-,30?/m0/s1. The van der Waals surface area contributed by atoms with Crippen LogP contribution in [0.25, 0.3) is 0 Å². The Kier molecular flexibility index (Phi) is 6.07. The number of hydrogen-bond acceptors (Lipinski definition) is 8. The van der Waals surface area contributed by atoms with Crippen molar-refractivity contribution in [3.05, 3.63) is 17.3 Å². The van der Waals surface area contributed by atoms with E-state index >= 15 is 4.39 Å². The third-order valence-electron chi connectivity index (χ3n) is 11.1. The molecule has 3 aliphatic heterocycles. The minimum atomic E-state index is -1.58. The van der Waals surface area contributed by atoms with Crippen molar-refractivity contribution in [1.82, 2.24) is 20.1 Å². The molecular weight excluding hydrogens is 595 g/mol. The highest BCUT2D eigenvalue weighted by Crippen LogP contribution is 2.82. The van der Waals surface area contributed by atoms with Crippen molar-refractivity contribution in [3.8, 4) is 11.8 Å². The first-order valence-corrected chi connectivity index (χ1v) is 15.3. The second-order valence-electron chi connectivity index (χ2n) is 14.3. The number of methoxy groups -OCH3 is 1. The summed E-state index contributed by atoms with van der Waals surface area (Å²) in [7, 11) is 1.21. The van der Waals surface area contributed by atoms with Crippen molar-refractivity contribution in [3.63, 3.8) is 0 Å². The predicted octanol–water partition coefficient (Wildman–Crippen LogP) is 2.67. The molecule has 3 saturated carbocycles. The van der Waals surface area contributed by atoms with Crippen molar-refractivity contribution in [1.29, 1.82) is 5.26 Å². The summed E-state index contributed by atoms with van der Waals surface area (Å²) in [5, 5.41) is 15.9. The van der Waals surface area contributed by atoms with Gasteiger partial charge in [0, 0.05) is 30.6 Å². The number of anilines is 1. The molecule has 1 aromatic heterocycles. The highest BCUT2D eigenvalue weighted by molar-refractivity contribution is 6.30. The highest BCUT2D eigenvalue weighted by atomic mass is 35.5. The smallest absolute Gasteiger partial charge is 0.407 e. The van der Waals surface area contributed by atoms with Crippen LogP contribution in [0.5, 0.6) is 5.75 Å². The first-order chi connectivity index (χ1) is 20.7. The number of amides is 4. The van der Waals surface area contributed by atoms with Gasteiger partial charge >= 0.3 is 6.09 Å². The molecule has 4 heterocycles. The normalized spacial score (nSPS) is 38.2. The van der Waals surface area contributed by atoms with Gasteiger partial charge in [-0.3, -0.25) is 14.4 Å². The minimum Gasteiger partial charge on any atom is -0.471 e. The number of pyridine rings is 1. The molecule has 4 amide bonds. The molecule has 12 nitrogen and oxygen atoms in total. The third kappa shape index (κ3) is 3.63. The van der Waals surface area contributed by atoms with Crippen LogP contribution >= 0.6 is 11.6 Å². The Labute approximate surface area is 258 Å². The van der Waals surface area contributed by atoms with E-state index in [2.05, 4.69) is 21.7 Å². The average Bonchev–Trinajstić information content (AvgIpc) is 3.31. The molecule has 6 aliphatic rings. The van der Waals surface area contributed by atoms with Crippen molar-refractivity contribution >= 4 is 41.2 Å². The first kappa shape index (κ1) is 29.1. The number of rotatable bonds is 3. The number of carbonyl (C=O) groups excluding carboxylic acids is 4. The van der Waals surface area contributed by atoms with E-state index in [4.69, 9.17) is 21.1 Å². The molecule has 44 heavy (non-hydrogen) atoms. The molecule has 2 unspecified atom stereocenters. The van der Waals surface area contributed by atoms with Gasteiger partial charge in [0.2, 0.25) is 17.4 Å². The summed E-state index contributed by atoms with van der Waals surface area (Å²) in [6.45, 7) is 5.40. The summed E-state index contributed by atoms with van der Waals surface area (Å²) in [6.07, 6.45) is 0.686. The molecule has 2 N–H and O–H groups in total. The number of halogens is 2. The van der Waals surface area contributed by atoms with E-state index in [0.29, 0.717) is 12.8 Å². The lowest BCUT2D eigenvalue weighted by Crippen LogP contribution is -2.61. The number of nitrogens with one attached hydrogen (secondary N) is 2. The number of nitriles is 1. The van der Waals surface area contributed by atoms with Gasteiger partial charge < -0.3 is 29.9 Å². The number of likely N-dealkylation sites (tertiary alicyclic amines) is 2. The van der Waals surface area contributed by atoms with Crippen LogP contribution in [-0.2, 0) is 19.1 Å². The fourth-order valence-electron chi connectivity index (χ4n) is 9.24. The van der Waals surface area contributed by atoms with Crippen LogP contribution in [0.1, 0.15) is 46.5 Å². The van der Waals surface area contributed by atoms with Gasteiger partial charge in [-0.1, -0.05) is 32.4 Å². The van der Waals surface area contributed by atoms with Crippen LogP contribution in [0.2, 0.25) is 5.02 Å². The Hall–Kier alpha value is -3.66. The average molecular weight is 629 g/mol. The van der Waals surface area contributed by atoms with Crippen LogP contribution in [0.3, 0.4) is 0 Å². The number of piperidine rings is 1. The Balaban J connectivity index is 1.27. The van der Waals surface area contributed by atoms with Gasteiger partial charge in [-0.2, -0.15) is 5.26 Å². The number of carbonyl (C=O) groups is 4. The van der Waals surface area contributed by atoms with E-state index in [9.17, 15) is 24.4 Å². The number of nitrogens with zero attached hydrogens (tertiary/aromatic N) is 4. The van der Waals surface area contributed by atoms with E-state index in [-0.39, 0.29) is 54.4 Å². The number of alkyl carbamates (subject to hydrolysis) is 1. The topological polar surface area (TPSA) is 154 Å². The molecule has 7 rings (SSSR count). The van der Waals surface area contributed by atoms with Crippen LogP contribution in [0.15, 0.2) is 12.3 Å². The molecule has 2 saturated heterocycles. The minimum absolute atomic E-state index is 0.0296. The third-order valence-corrected chi connectivity index (χ3v) is 11.3. The maximum absolute atomic E-state index is 15.4. The molecule has 5 fully saturated rings. The van der Waals surface area contributed by atoms with E-state index < -0.39 is 70.0 Å². The summed E-state index contributed by atoms with van der Waals surface area (Å²) in [4.78, 5) is 62.1. The molecule has 2 bridgehead atoms. The van der Waals surface area contributed by atoms with Gasteiger partial charge in [-0.15, -0.1) is 0 Å². The number of ether oxygens (including phenoxy) is 2. The lowest BCUT2D eigenvalue weighted by molar-refractivity contribution is -0.150. The maximum Gasteiger partial charge on any atom is 0.407 e. The van der Waals surface area contributed by atoms with E-state index in [1.807, 2.05) is 0 Å². The van der Waals surface area contributed by atoms with Crippen molar-refractivity contribution in [2.45, 2.75) is 75.8 Å². The lowest BCUT2D eigenvalue weighted by Gasteiger charge is -2.39. The molecule has 0 aromatic carbocycles. The zero-order chi connectivity index (χ0) is 31.6. The largest absolute Gasteiger partial charge is 0.471 e. The zero-order valence-electron chi connectivity index (χ0n) is 24.9. The second-order valence-corrected chi connectivity index (χ2v) is 14.7. The Bertz CT molecular complexity index is 1550. The van der Waals surface area contributed by atoms with E-state index in [1.54, 1.807) is 25.7 Å². The van der Waals surface area contributed by atoms with Crippen LogP contribution < -0.4 is 15.4 Å². The molecule has 1 aromatic rings. The second kappa shape index (κ2) is 9.19. The SMILES string of the molecule is COC(=O)N[C@H](C(=O)N1CC2[C@@H]3C[C@@H](F)[C@@H](C3)[C@@]23CC13C(=O)N1C[C@@]2(C[C@H]1C#N)Oc1cc(Cl)cnc1NC2=O)C(C)(C)C. The van der Waals surface area contributed by atoms with Crippen LogP contribution in [0.4, 0.5) is 15.0 Å². The van der Waals surface area contributed by atoms with E-state index in [0.717, 1.165) is 0 Å². The summed E-state index contributed by atoms with van der Waals surface area (Å²) in [6, 6.07) is 1.58. The number of hydrogen-bond donors (Lipinski definition) is 2. The van der Waals surface area contributed by atoms with Gasteiger partial charge in [-0.05, 0) is 42.4 Å². The summed E-state index contributed by atoms with van der Waals surface area (Å²) in [5.74, 6) is -1.55. The highest BCUT2D eigenvalue weighted by Gasteiger charge is 2.90. The molecule has 0 radical (unpaired) electrons. The molecule has 2 spiro atoms. The zero-order valence-corrected chi connectivity index (χ0v) is 25.6. The Morgan fingerprint density at radius 2 is 2.07 bits per heavy atom. The fraction of sp³-hybridized carbons (Fsp3) is 0.667. The summed E-state index contributed by atoms with van der Waals surface area (Å²) in [5.41, 5.74) is -4.51. The monoisotopic (exact) mass is 628 g/mol. The van der Waals surface area contributed by atoms with E-state index in [1.165, 1.54) is 24.3 Å². The molecular formula is C30H34ClFN6O6. The number of fused-ring (bicyclic) bond motifs is 4. The van der Waals surface area contributed by atoms with Crippen molar-refractivity contribution < 1.29 is 33.0 Å². The predicted molar refractivity (Wildman–Crippen MR) is 152 cm³/mol. The van der Waals surface area contributed by atoms with Crippen LogP contribution in [-0.4, -0.2) is 88.2 Å². The Morgan fingerprint density at radius 3 is 2.75 bits per heavy atom. The molecule has 9 atom stereocenters. The molecule has 234 valence electrons. The number of alkyl halides is 1. The lowest BCUT2D eigenvalue weighted by atomic mass is 9.75. The van der Waals surface area contributed by atoms with Gasteiger partial charge in [0.25, 0.3) is 5.91 Å². The maximum atomic E-state index is 15.4. The molecule has 14 heteroatoms. The quantitative estimate of drug-likeness (QED) is 0.518. The summed E-state index contributed by atoms with van der Waals surface area (Å²) < 4.78 is 26.4. The fourth-order valence-corrected chi connectivity index (χ4v) is 9.39. The van der Waals surface area contributed by atoms with Gasteiger partial charge in [-0.25, -0.2) is 14.2 Å². The van der Waals surface area contributed by atoms with Crippen LogP contribution in [0, 0.1) is 39.9 Å². The van der Waals surface area contributed by atoms with Gasteiger partial charge in [0.15, 0.2) is 11.6 Å².